The van der Waals surface area contributed by atoms with Gasteiger partial charge < -0.3 is 9.64 Å². The molecular formula is C13H21N3O2. The Hall–Kier alpha value is -1.36. The number of ether oxygens (including phenoxy) is 1. The fourth-order valence-electron chi connectivity index (χ4n) is 2.63. The van der Waals surface area contributed by atoms with Crippen LogP contribution in [-0.2, 0) is 11.8 Å². The molecule has 0 spiro atoms. The number of carbonyl (C=O) groups is 1. The number of likely N-dealkylation sites (tertiary alicyclic amines) is 1. The van der Waals surface area contributed by atoms with E-state index in [2.05, 4.69) is 5.10 Å². The molecule has 1 unspecified atom stereocenters. The molecule has 5 heteroatoms. The number of carbonyl (C=O) groups excluding carboxylic acids is 1. The summed E-state index contributed by atoms with van der Waals surface area (Å²) in [6.45, 7) is 6.18. The predicted molar refractivity (Wildman–Crippen MR) is 68.6 cm³/mol. The van der Waals surface area contributed by atoms with Gasteiger partial charge in [-0.25, -0.2) is 0 Å². The first-order chi connectivity index (χ1) is 8.54. The SMILES string of the molecule is COCC1CCN(C(=O)c2c(C)nn(C)c2C)C1. The molecule has 0 radical (unpaired) electrons. The van der Waals surface area contributed by atoms with Crippen molar-refractivity contribution in [1.82, 2.24) is 14.7 Å². The number of amides is 1. The van der Waals surface area contributed by atoms with Crippen LogP contribution in [0.15, 0.2) is 0 Å². The van der Waals surface area contributed by atoms with E-state index >= 15 is 0 Å². The maximum absolute atomic E-state index is 12.5. The molecule has 1 fully saturated rings. The number of hydrogen-bond donors (Lipinski definition) is 0. The van der Waals surface area contributed by atoms with Crippen LogP contribution in [0.3, 0.4) is 0 Å². The van der Waals surface area contributed by atoms with Crippen molar-refractivity contribution in [2.45, 2.75) is 20.3 Å². The maximum Gasteiger partial charge on any atom is 0.257 e. The predicted octanol–water partition coefficient (Wildman–Crippen LogP) is 1.15. The van der Waals surface area contributed by atoms with E-state index in [1.165, 1.54) is 0 Å². The fourth-order valence-corrected chi connectivity index (χ4v) is 2.63. The van der Waals surface area contributed by atoms with Crippen LogP contribution in [0, 0.1) is 19.8 Å². The molecular weight excluding hydrogens is 230 g/mol. The molecule has 5 nitrogen and oxygen atoms in total. The zero-order valence-electron chi connectivity index (χ0n) is 11.6. The zero-order valence-corrected chi connectivity index (χ0v) is 11.6. The Morgan fingerprint density at radius 2 is 2.22 bits per heavy atom. The molecule has 1 aromatic heterocycles. The van der Waals surface area contributed by atoms with Gasteiger partial charge in [-0.3, -0.25) is 9.48 Å². The molecule has 18 heavy (non-hydrogen) atoms. The molecule has 0 aliphatic carbocycles. The lowest BCUT2D eigenvalue weighted by Crippen LogP contribution is -2.30. The topological polar surface area (TPSA) is 47.4 Å². The van der Waals surface area contributed by atoms with Gasteiger partial charge in [0.15, 0.2) is 0 Å². The van der Waals surface area contributed by atoms with Crippen LogP contribution in [0.1, 0.15) is 28.2 Å². The van der Waals surface area contributed by atoms with E-state index in [1.807, 2.05) is 25.8 Å². The molecule has 2 heterocycles. The molecule has 1 atom stereocenters. The van der Waals surface area contributed by atoms with Gasteiger partial charge in [-0.05, 0) is 20.3 Å². The number of hydrogen-bond acceptors (Lipinski definition) is 3. The van der Waals surface area contributed by atoms with E-state index in [1.54, 1.807) is 11.8 Å². The van der Waals surface area contributed by atoms with Crippen molar-refractivity contribution in [2.75, 3.05) is 26.8 Å². The molecule has 1 amide bonds. The highest BCUT2D eigenvalue weighted by atomic mass is 16.5. The van der Waals surface area contributed by atoms with Crippen LogP contribution < -0.4 is 0 Å². The molecule has 0 N–H and O–H groups in total. The van der Waals surface area contributed by atoms with Gasteiger partial charge in [0, 0.05) is 38.9 Å². The Kier molecular flexibility index (Phi) is 3.71. The molecule has 2 rings (SSSR count). The highest BCUT2D eigenvalue weighted by Crippen LogP contribution is 2.21. The summed E-state index contributed by atoms with van der Waals surface area (Å²) >= 11 is 0. The number of aryl methyl sites for hydroxylation is 2. The minimum atomic E-state index is 0.108. The first-order valence-corrected chi connectivity index (χ1v) is 6.33. The van der Waals surface area contributed by atoms with E-state index in [0.717, 1.165) is 43.1 Å². The van der Waals surface area contributed by atoms with E-state index in [-0.39, 0.29) is 5.91 Å². The van der Waals surface area contributed by atoms with Gasteiger partial charge in [-0.2, -0.15) is 5.10 Å². The standard InChI is InChI=1S/C13H21N3O2/c1-9-12(10(2)15(3)14-9)13(17)16-6-5-11(7-16)8-18-4/h11H,5-8H2,1-4H3. The summed E-state index contributed by atoms with van der Waals surface area (Å²) in [5.41, 5.74) is 2.51. The second kappa shape index (κ2) is 5.10. The highest BCUT2D eigenvalue weighted by molar-refractivity contribution is 5.96. The normalized spacial score (nSPS) is 19.6. The molecule has 1 aromatic rings. The zero-order chi connectivity index (χ0) is 13.3. The summed E-state index contributed by atoms with van der Waals surface area (Å²) in [7, 11) is 3.58. The van der Waals surface area contributed by atoms with Crippen LogP contribution in [0.25, 0.3) is 0 Å². The average Bonchev–Trinajstić information content (AvgIpc) is 2.86. The van der Waals surface area contributed by atoms with E-state index in [9.17, 15) is 4.79 Å². The van der Waals surface area contributed by atoms with Crippen LogP contribution in [0.5, 0.6) is 0 Å². The van der Waals surface area contributed by atoms with Gasteiger partial charge in [0.25, 0.3) is 5.91 Å². The lowest BCUT2D eigenvalue weighted by atomic mass is 10.1. The summed E-state index contributed by atoms with van der Waals surface area (Å²) in [5, 5.41) is 4.30. The molecule has 1 aliphatic rings. The number of rotatable bonds is 3. The lowest BCUT2D eigenvalue weighted by Gasteiger charge is -2.16. The van der Waals surface area contributed by atoms with Crippen molar-refractivity contribution in [3.05, 3.63) is 17.0 Å². The van der Waals surface area contributed by atoms with Gasteiger partial charge in [0.1, 0.15) is 0 Å². The summed E-state index contributed by atoms with van der Waals surface area (Å²) in [6, 6.07) is 0. The maximum atomic E-state index is 12.5. The van der Waals surface area contributed by atoms with Gasteiger partial charge in [0.05, 0.1) is 17.9 Å². The van der Waals surface area contributed by atoms with E-state index in [0.29, 0.717) is 5.92 Å². The van der Waals surface area contributed by atoms with Crippen molar-refractivity contribution < 1.29 is 9.53 Å². The van der Waals surface area contributed by atoms with Crippen LogP contribution >= 0.6 is 0 Å². The smallest absolute Gasteiger partial charge is 0.257 e. The monoisotopic (exact) mass is 251 g/mol. The average molecular weight is 251 g/mol. The highest BCUT2D eigenvalue weighted by Gasteiger charge is 2.29. The van der Waals surface area contributed by atoms with Crippen molar-refractivity contribution >= 4 is 5.91 Å². The number of nitrogens with zero attached hydrogens (tertiary/aromatic N) is 3. The minimum Gasteiger partial charge on any atom is -0.384 e. The Bertz CT molecular complexity index is 453. The summed E-state index contributed by atoms with van der Waals surface area (Å²) in [6.07, 6.45) is 1.03. The van der Waals surface area contributed by atoms with Crippen molar-refractivity contribution in [2.24, 2.45) is 13.0 Å². The Morgan fingerprint density at radius 1 is 1.50 bits per heavy atom. The lowest BCUT2D eigenvalue weighted by molar-refractivity contribution is 0.0774. The van der Waals surface area contributed by atoms with Gasteiger partial charge in [-0.1, -0.05) is 0 Å². The molecule has 0 saturated carbocycles. The van der Waals surface area contributed by atoms with E-state index in [4.69, 9.17) is 4.74 Å². The van der Waals surface area contributed by atoms with Crippen molar-refractivity contribution in [3.63, 3.8) is 0 Å². The van der Waals surface area contributed by atoms with E-state index < -0.39 is 0 Å². The quantitative estimate of drug-likeness (QED) is 0.809. The molecule has 0 aromatic carbocycles. The van der Waals surface area contributed by atoms with Gasteiger partial charge in [0.2, 0.25) is 0 Å². The molecule has 1 aliphatic heterocycles. The summed E-state index contributed by atoms with van der Waals surface area (Å²) in [4.78, 5) is 14.4. The summed E-state index contributed by atoms with van der Waals surface area (Å²) in [5.74, 6) is 0.577. The number of methoxy groups -OCH3 is 1. The first-order valence-electron chi connectivity index (χ1n) is 6.33. The van der Waals surface area contributed by atoms with Gasteiger partial charge >= 0.3 is 0 Å². The summed E-state index contributed by atoms with van der Waals surface area (Å²) < 4.78 is 6.93. The largest absolute Gasteiger partial charge is 0.384 e. The van der Waals surface area contributed by atoms with Gasteiger partial charge in [-0.15, -0.1) is 0 Å². The molecule has 1 saturated heterocycles. The third kappa shape index (κ3) is 2.27. The molecule has 100 valence electrons. The fraction of sp³-hybridized carbons (Fsp3) is 0.692. The Morgan fingerprint density at radius 3 is 2.78 bits per heavy atom. The second-order valence-electron chi connectivity index (χ2n) is 5.03. The first kappa shape index (κ1) is 13.1. The van der Waals surface area contributed by atoms with Crippen LogP contribution in [0.2, 0.25) is 0 Å². The number of aromatic nitrogens is 2. The Balaban J connectivity index is 2.13. The van der Waals surface area contributed by atoms with Crippen molar-refractivity contribution in [3.8, 4) is 0 Å². The van der Waals surface area contributed by atoms with Crippen molar-refractivity contribution in [1.29, 1.82) is 0 Å². The van der Waals surface area contributed by atoms with Crippen LogP contribution in [-0.4, -0.2) is 47.4 Å². The third-order valence-electron chi connectivity index (χ3n) is 3.70. The third-order valence-corrected chi connectivity index (χ3v) is 3.70. The van der Waals surface area contributed by atoms with Crippen LogP contribution in [0.4, 0.5) is 0 Å². The second-order valence-corrected chi connectivity index (χ2v) is 5.03. The molecule has 0 bridgehead atoms. The minimum absolute atomic E-state index is 0.108. The Labute approximate surface area is 108 Å².